The van der Waals surface area contributed by atoms with Crippen molar-refractivity contribution in [2.45, 2.75) is 24.5 Å². The van der Waals surface area contributed by atoms with E-state index in [1.165, 1.54) is 18.2 Å². The molecule has 0 aromatic heterocycles. The van der Waals surface area contributed by atoms with Gasteiger partial charge in [-0.05, 0) is 24.1 Å². The minimum Gasteiger partial charge on any atom is -0.258 e. The van der Waals surface area contributed by atoms with Crippen molar-refractivity contribution in [1.29, 1.82) is 0 Å². The van der Waals surface area contributed by atoms with Crippen LogP contribution in [0.4, 0.5) is 10.1 Å². The molecule has 30 heavy (non-hydrogen) atoms. The Morgan fingerprint density at radius 3 is 2.20 bits per heavy atom. The fraction of sp³-hybridized carbons (Fsp3) is 0.182. The van der Waals surface area contributed by atoms with Crippen LogP contribution in [0.3, 0.4) is 0 Å². The van der Waals surface area contributed by atoms with Crippen LogP contribution in [-0.2, 0) is 16.6 Å². The number of rotatable bonds is 8. The summed E-state index contributed by atoms with van der Waals surface area (Å²) in [5.74, 6) is 0. The molecule has 6 nitrogen and oxygen atoms in total. The number of benzene rings is 3. The first-order valence-corrected chi connectivity index (χ1v) is 10.7. The van der Waals surface area contributed by atoms with Crippen LogP contribution in [0, 0.1) is 17.0 Å². The third-order valence-corrected chi connectivity index (χ3v) is 6.54. The van der Waals surface area contributed by atoms with Gasteiger partial charge in [0.25, 0.3) is 5.69 Å². The van der Waals surface area contributed by atoms with E-state index in [2.05, 4.69) is 0 Å². The average molecular weight is 428 g/mol. The Hall–Kier alpha value is -3.10. The Kier molecular flexibility index (Phi) is 6.59. The van der Waals surface area contributed by atoms with E-state index >= 15 is 4.39 Å². The van der Waals surface area contributed by atoms with Crippen molar-refractivity contribution in [1.82, 2.24) is 4.31 Å². The van der Waals surface area contributed by atoms with Crippen LogP contribution in [0.15, 0.2) is 83.8 Å². The van der Waals surface area contributed by atoms with Gasteiger partial charge < -0.3 is 0 Å². The molecule has 0 fully saturated rings. The molecule has 0 spiro atoms. The molecule has 1 unspecified atom stereocenters. The monoisotopic (exact) mass is 428 g/mol. The Morgan fingerprint density at radius 2 is 1.57 bits per heavy atom. The molecule has 8 heteroatoms. The fourth-order valence-corrected chi connectivity index (χ4v) is 4.64. The molecule has 3 aromatic rings. The maximum Gasteiger partial charge on any atom is 0.289 e. The fourth-order valence-electron chi connectivity index (χ4n) is 3.06. The molecule has 1 atom stereocenters. The lowest BCUT2D eigenvalue weighted by atomic mass is 10.1. The van der Waals surface area contributed by atoms with Crippen LogP contribution in [-0.4, -0.2) is 24.2 Å². The van der Waals surface area contributed by atoms with Crippen molar-refractivity contribution >= 4 is 15.7 Å². The van der Waals surface area contributed by atoms with Gasteiger partial charge in [0.05, 0.1) is 4.92 Å². The number of alkyl halides is 1. The smallest absolute Gasteiger partial charge is 0.258 e. The summed E-state index contributed by atoms with van der Waals surface area (Å²) in [6.45, 7) is 1.30. The van der Waals surface area contributed by atoms with E-state index in [1.54, 1.807) is 54.6 Å². The van der Waals surface area contributed by atoms with Crippen LogP contribution < -0.4 is 0 Å². The van der Waals surface area contributed by atoms with E-state index < -0.39 is 38.2 Å². The number of nitro groups is 1. The van der Waals surface area contributed by atoms with Gasteiger partial charge in [-0.3, -0.25) is 10.1 Å². The molecule has 0 amide bonds. The quantitative estimate of drug-likeness (QED) is 0.381. The second kappa shape index (κ2) is 9.15. The van der Waals surface area contributed by atoms with Crippen LogP contribution in [0.25, 0.3) is 0 Å². The molecule has 0 aliphatic heterocycles. The van der Waals surface area contributed by atoms with Crippen molar-refractivity contribution < 1.29 is 17.7 Å². The first-order chi connectivity index (χ1) is 14.3. The predicted molar refractivity (Wildman–Crippen MR) is 112 cm³/mol. The maximum atomic E-state index is 15.1. The zero-order valence-electron chi connectivity index (χ0n) is 16.3. The number of para-hydroxylation sites is 1. The van der Waals surface area contributed by atoms with E-state index in [1.807, 2.05) is 6.92 Å². The topological polar surface area (TPSA) is 80.5 Å². The molecule has 3 aromatic carbocycles. The lowest BCUT2D eigenvalue weighted by Crippen LogP contribution is -2.34. The SMILES string of the molecule is Cc1ccc(C(F)CN(Cc2ccccc2)S(=O)(=O)c2ccccc2[N+](=O)[O-])cc1. The number of hydrogen-bond acceptors (Lipinski definition) is 4. The third-order valence-electron chi connectivity index (χ3n) is 4.68. The minimum absolute atomic E-state index is 0.110. The van der Waals surface area contributed by atoms with Gasteiger partial charge in [0.1, 0.15) is 6.17 Å². The van der Waals surface area contributed by atoms with Gasteiger partial charge in [0.2, 0.25) is 10.0 Å². The highest BCUT2D eigenvalue weighted by atomic mass is 32.2. The molecule has 156 valence electrons. The van der Waals surface area contributed by atoms with Crippen LogP contribution in [0.5, 0.6) is 0 Å². The van der Waals surface area contributed by atoms with Gasteiger partial charge in [-0.25, -0.2) is 12.8 Å². The standard InChI is InChI=1S/C22H21FN2O4S/c1-17-11-13-19(14-12-17)20(23)16-24(15-18-7-3-2-4-8-18)30(28,29)22-10-6-5-9-21(22)25(26)27/h2-14,20H,15-16H2,1H3. The molecular formula is C22H21FN2O4S. The number of aryl methyl sites for hydroxylation is 1. The summed E-state index contributed by atoms with van der Waals surface area (Å²) in [5, 5.41) is 11.4. The second-order valence-corrected chi connectivity index (χ2v) is 8.79. The largest absolute Gasteiger partial charge is 0.289 e. The van der Waals surface area contributed by atoms with Crippen molar-refractivity contribution in [2.75, 3.05) is 6.54 Å². The Labute approximate surface area is 174 Å². The summed E-state index contributed by atoms with van der Waals surface area (Å²) in [6.07, 6.45) is -1.59. The highest BCUT2D eigenvalue weighted by Crippen LogP contribution is 2.30. The molecule has 0 aliphatic carbocycles. The van der Waals surface area contributed by atoms with E-state index in [4.69, 9.17) is 0 Å². The van der Waals surface area contributed by atoms with E-state index in [-0.39, 0.29) is 6.54 Å². The third kappa shape index (κ3) is 4.90. The molecular weight excluding hydrogens is 407 g/mol. The van der Waals surface area contributed by atoms with Crippen molar-refractivity contribution in [3.63, 3.8) is 0 Å². The van der Waals surface area contributed by atoms with Crippen molar-refractivity contribution in [2.24, 2.45) is 0 Å². The van der Waals surface area contributed by atoms with Crippen LogP contribution >= 0.6 is 0 Å². The lowest BCUT2D eigenvalue weighted by Gasteiger charge is -2.24. The zero-order valence-corrected chi connectivity index (χ0v) is 17.1. The summed E-state index contributed by atoms with van der Waals surface area (Å²) in [5.41, 5.74) is 1.41. The van der Waals surface area contributed by atoms with Crippen LogP contribution in [0.2, 0.25) is 0 Å². The Morgan fingerprint density at radius 1 is 0.967 bits per heavy atom. The second-order valence-electron chi connectivity index (χ2n) is 6.89. The number of nitro benzene ring substituents is 1. The molecule has 0 saturated heterocycles. The minimum atomic E-state index is -4.33. The van der Waals surface area contributed by atoms with E-state index in [0.29, 0.717) is 11.1 Å². The highest BCUT2D eigenvalue weighted by Gasteiger charge is 2.33. The molecule has 0 saturated carbocycles. The first-order valence-electron chi connectivity index (χ1n) is 9.27. The maximum absolute atomic E-state index is 15.1. The van der Waals surface area contributed by atoms with E-state index in [0.717, 1.165) is 15.9 Å². The molecule has 0 bridgehead atoms. The number of sulfonamides is 1. The summed E-state index contributed by atoms with van der Waals surface area (Å²) in [4.78, 5) is 10.2. The first kappa shape index (κ1) is 21.6. The molecule has 3 rings (SSSR count). The van der Waals surface area contributed by atoms with Gasteiger partial charge in [-0.1, -0.05) is 72.3 Å². The molecule has 0 aliphatic rings. The average Bonchev–Trinajstić information content (AvgIpc) is 2.74. The molecule has 0 radical (unpaired) electrons. The predicted octanol–water partition coefficient (Wildman–Crippen LogP) is 4.80. The Balaban J connectivity index is 2.00. The van der Waals surface area contributed by atoms with Gasteiger partial charge in [0.15, 0.2) is 4.90 Å². The zero-order chi connectivity index (χ0) is 21.7. The highest BCUT2D eigenvalue weighted by molar-refractivity contribution is 7.89. The van der Waals surface area contributed by atoms with Gasteiger partial charge >= 0.3 is 0 Å². The summed E-state index contributed by atoms with van der Waals surface area (Å²) in [6, 6.07) is 20.5. The summed E-state index contributed by atoms with van der Waals surface area (Å²) >= 11 is 0. The number of hydrogen-bond donors (Lipinski definition) is 0. The summed E-state index contributed by atoms with van der Waals surface area (Å²) < 4.78 is 42.7. The lowest BCUT2D eigenvalue weighted by molar-refractivity contribution is -0.387. The van der Waals surface area contributed by atoms with Gasteiger partial charge in [0, 0.05) is 19.2 Å². The number of halogens is 1. The normalized spacial score (nSPS) is 12.6. The Bertz CT molecular complexity index is 1120. The van der Waals surface area contributed by atoms with E-state index in [9.17, 15) is 18.5 Å². The molecule has 0 heterocycles. The van der Waals surface area contributed by atoms with Gasteiger partial charge in [-0.2, -0.15) is 4.31 Å². The van der Waals surface area contributed by atoms with Crippen molar-refractivity contribution in [3.05, 3.63) is 106 Å². The van der Waals surface area contributed by atoms with Gasteiger partial charge in [-0.15, -0.1) is 0 Å². The summed E-state index contributed by atoms with van der Waals surface area (Å²) in [7, 11) is -4.33. The number of nitrogens with zero attached hydrogens (tertiary/aromatic N) is 2. The molecule has 0 N–H and O–H groups in total. The van der Waals surface area contributed by atoms with Crippen LogP contribution in [0.1, 0.15) is 22.9 Å². The van der Waals surface area contributed by atoms with Crippen molar-refractivity contribution in [3.8, 4) is 0 Å².